The van der Waals surface area contributed by atoms with Crippen molar-refractivity contribution in [2.24, 2.45) is 0 Å². The lowest BCUT2D eigenvalue weighted by molar-refractivity contribution is 1.50. The van der Waals surface area contributed by atoms with Crippen molar-refractivity contribution < 1.29 is 0 Å². The maximum Gasteiger partial charge on any atom is 0.225 e. The van der Waals surface area contributed by atoms with Crippen molar-refractivity contribution in [3.63, 3.8) is 0 Å². The minimum Gasteiger partial charge on any atom is -0.286 e. The molecule has 0 saturated heterocycles. The molecule has 1 rings (SSSR count). The molecule has 1 aromatic carbocycles. The molecule has 0 amide bonds. The third-order valence-electron chi connectivity index (χ3n) is 1.07. The van der Waals surface area contributed by atoms with Crippen LogP contribution in [0.3, 0.4) is 0 Å². The van der Waals surface area contributed by atoms with Crippen LogP contribution in [0, 0.1) is 0 Å². The van der Waals surface area contributed by atoms with Gasteiger partial charge in [-0.3, -0.25) is 9.59 Å². The van der Waals surface area contributed by atoms with Crippen LogP contribution >= 0.6 is 0 Å². The summed E-state index contributed by atoms with van der Waals surface area (Å²) in [6, 6.07) is 8.99. The van der Waals surface area contributed by atoms with Gasteiger partial charge in [0.2, 0.25) is 10.9 Å². The molecule has 0 bridgehead atoms. The summed E-state index contributed by atoms with van der Waals surface area (Å²) in [6.45, 7) is 0. The van der Waals surface area contributed by atoms with Crippen molar-refractivity contribution in [2.75, 3.05) is 0 Å². The molecule has 50 valence electrons. The number of hydrogen-bond acceptors (Lipinski definition) is 2. The number of rotatable bonds is 0. The maximum absolute atomic E-state index is 10.6. The van der Waals surface area contributed by atoms with Crippen LogP contribution in [0.1, 0.15) is 0 Å². The van der Waals surface area contributed by atoms with Gasteiger partial charge in [-0.25, -0.2) is 0 Å². The summed E-state index contributed by atoms with van der Waals surface area (Å²) < 4.78 is 0. The lowest BCUT2D eigenvalue weighted by Gasteiger charge is -1.70. The summed E-state index contributed by atoms with van der Waals surface area (Å²) in [7, 11) is 0. The fourth-order valence-electron chi connectivity index (χ4n) is 0.578. The molecule has 0 radical (unpaired) electrons. The van der Waals surface area contributed by atoms with E-state index in [4.69, 9.17) is 0 Å². The molecular formula is C8H6O2. The molecule has 2 nitrogen and oxygen atoms in total. The van der Waals surface area contributed by atoms with Crippen LogP contribution in [-0.2, 0) is 0 Å². The monoisotopic (exact) mass is 134 g/mol. The van der Waals surface area contributed by atoms with E-state index >= 15 is 0 Å². The zero-order valence-electron chi connectivity index (χ0n) is 5.28. The zero-order chi connectivity index (χ0) is 7.40. The Kier molecular flexibility index (Phi) is 1.95. The van der Waals surface area contributed by atoms with Gasteiger partial charge in [-0.2, -0.15) is 0 Å². The molecule has 0 aromatic heterocycles. The molecule has 0 aliphatic carbocycles. The van der Waals surface area contributed by atoms with E-state index in [1.165, 1.54) is 12.1 Å². The van der Waals surface area contributed by atoms with E-state index in [1.807, 2.05) is 0 Å². The van der Waals surface area contributed by atoms with E-state index in [-0.39, 0.29) is 0 Å². The first kappa shape index (κ1) is 6.68. The van der Waals surface area contributed by atoms with Crippen molar-refractivity contribution in [2.45, 2.75) is 0 Å². The van der Waals surface area contributed by atoms with Crippen molar-refractivity contribution in [3.05, 3.63) is 56.8 Å². The second-order valence-electron chi connectivity index (χ2n) is 1.83. The summed E-state index contributed by atoms with van der Waals surface area (Å²) in [5.74, 6) is 0. The lowest BCUT2D eigenvalue weighted by atomic mass is 10.4. The summed E-state index contributed by atoms with van der Waals surface area (Å²) in [5, 5.41) is 0. The van der Waals surface area contributed by atoms with Gasteiger partial charge in [0.05, 0.1) is 0 Å². The van der Waals surface area contributed by atoms with Crippen molar-refractivity contribution in [1.29, 1.82) is 0 Å². The van der Waals surface area contributed by atoms with Crippen LogP contribution in [0.15, 0.2) is 46.0 Å². The highest BCUT2D eigenvalue weighted by Gasteiger charge is 1.81. The van der Waals surface area contributed by atoms with Crippen LogP contribution < -0.4 is 10.9 Å². The highest BCUT2D eigenvalue weighted by Crippen LogP contribution is 1.71. The van der Waals surface area contributed by atoms with E-state index in [1.54, 1.807) is 24.3 Å². The normalized spacial score (nSPS) is 8.80. The van der Waals surface area contributed by atoms with Crippen molar-refractivity contribution >= 4 is 0 Å². The second kappa shape index (κ2) is 2.92. The predicted octanol–water partition coefficient (Wildman–Crippen LogP) is 0.407. The van der Waals surface area contributed by atoms with Gasteiger partial charge in [0.15, 0.2) is 0 Å². The average molecular weight is 134 g/mol. The largest absolute Gasteiger partial charge is 0.286 e. The predicted molar refractivity (Wildman–Crippen MR) is 39.0 cm³/mol. The van der Waals surface area contributed by atoms with E-state index < -0.39 is 10.9 Å². The van der Waals surface area contributed by atoms with Crippen LogP contribution in [0.25, 0.3) is 0 Å². The first-order chi connectivity index (χ1) is 4.80. The van der Waals surface area contributed by atoms with Gasteiger partial charge in [-0.1, -0.05) is 24.3 Å². The fourth-order valence-corrected chi connectivity index (χ4v) is 0.578. The minimum absolute atomic E-state index is 0.472. The van der Waals surface area contributed by atoms with Gasteiger partial charge >= 0.3 is 0 Å². The maximum atomic E-state index is 10.6. The molecule has 2 heteroatoms. The highest BCUT2D eigenvalue weighted by molar-refractivity contribution is 5.00. The van der Waals surface area contributed by atoms with Gasteiger partial charge in [0, 0.05) is 0 Å². The Bertz CT molecular complexity index is 296. The second-order valence-corrected chi connectivity index (χ2v) is 1.83. The van der Waals surface area contributed by atoms with Crippen LogP contribution in [0.2, 0.25) is 0 Å². The standard InChI is InChI=1S/C8H6O2/c9-7-5-3-1-2-4-6-8(7)10/h1-6H. The van der Waals surface area contributed by atoms with Crippen molar-refractivity contribution in [3.8, 4) is 0 Å². The first-order valence-electron chi connectivity index (χ1n) is 2.90. The Labute approximate surface area is 57.8 Å². The summed E-state index contributed by atoms with van der Waals surface area (Å²) in [4.78, 5) is 21.3. The molecule has 0 atom stereocenters. The highest BCUT2D eigenvalue weighted by atomic mass is 16.2. The van der Waals surface area contributed by atoms with E-state index in [0.29, 0.717) is 0 Å². The fraction of sp³-hybridized carbons (Fsp3) is 0. The molecule has 0 spiro atoms. The Morgan fingerprint density at radius 3 is 1.50 bits per heavy atom. The van der Waals surface area contributed by atoms with Crippen LogP contribution in [-0.4, -0.2) is 0 Å². The Hall–Kier alpha value is -1.44. The van der Waals surface area contributed by atoms with Gasteiger partial charge in [0.1, 0.15) is 0 Å². The quantitative estimate of drug-likeness (QED) is 0.481. The van der Waals surface area contributed by atoms with E-state index in [9.17, 15) is 9.59 Å². The minimum atomic E-state index is -0.472. The smallest absolute Gasteiger partial charge is 0.225 e. The SMILES string of the molecule is O=c1ccccccc1=O. The summed E-state index contributed by atoms with van der Waals surface area (Å²) >= 11 is 0. The molecule has 0 fully saturated rings. The molecular weight excluding hydrogens is 128 g/mol. The van der Waals surface area contributed by atoms with Gasteiger partial charge in [0.25, 0.3) is 0 Å². The number of hydrogen-bond donors (Lipinski definition) is 0. The topological polar surface area (TPSA) is 34.1 Å². The third kappa shape index (κ3) is 1.52. The molecule has 0 aliphatic heterocycles. The van der Waals surface area contributed by atoms with Gasteiger partial charge in [-0.05, 0) is 12.1 Å². The Balaban J connectivity index is 3.52. The van der Waals surface area contributed by atoms with Crippen LogP contribution in [0.5, 0.6) is 0 Å². The molecule has 0 unspecified atom stereocenters. The van der Waals surface area contributed by atoms with Crippen molar-refractivity contribution in [1.82, 2.24) is 0 Å². The molecule has 0 aliphatic rings. The van der Waals surface area contributed by atoms with Gasteiger partial charge in [-0.15, -0.1) is 0 Å². The van der Waals surface area contributed by atoms with Gasteiger partial charge < -0.3 is 0 Å². The molecule has 0 saturated carbocycles. The molecule has 10 heavy (non-hydrogen) atoms. The Morgan fingerprint density at radius 2 is 1.10 bits per heavy atom. The third-order valence-corrected chi connectivity index (χ3v) is 1.07. The molecule has 0 N–H and O–H groups in total. The molecule has 1 aromatic rings. The van der Waals surface area contributed by atoms with E-state index in [0.717, 1.165) is 0 Å². The summed E-state index contributed by atoms with van der Waals surface area (Å²) in [5.41, 5.74) is -0.943. The van der Waals surface area contributed by atoms with Crippen LogP contribution in [0.4, 0.5) is 0 Å². The van der Waals surface area contributed by atoms with E-state index in [2.05, 4.69) is 0 Å². The lowest BCUT2D eigenvalue weighted by Crippen LogP contribution is -2.18. The first-order valence-corrected chi connectivity index (χ1v) is 2.90. The average Bonchev–Trinajstić information content (AvgIpc) is 1.92. The Morgan fingerprint density at radius 1 is 0.700 bits per heavy atom. The zero-order valence-corrected chi connectivity index (χ0v) is 5.28. The molecule has 0 heterocycles. The summed E-state index contributed by atoms with van der Waals surface area (Å²) in [6.07, 6.45) is 0.